The van der Waals surface area contributed by atoms with Crippen molar-refractivity contribution in [1.29, 1.82) is 0 Å². The van der Waals surface area contributed by atoms with E-state index in [9.17, 15) is 4.39 Å². The van der Waals surface area contributed by atoms with E-state index in [0.717, 1.165) is 22.6 Å². The van der Waals surface area contributed by atoms with Crippen LogP contribution in [-0.4, -0.2) is 11.8 Å². The zero-order valence-corrected chi connectivity index (χ0v) is 11.0. The molecule has 0 radical (unpaired) electrons. The molecule has 1 aromatic rings. The van der Waals surface area contributed by atoms with Crippen molar-refractivity contribution in [3.63, 3.8) is 0 Å². The predicted octanol–water partition coefficient (Wildman–Crippen LogP) is 3.46. The Kier molecular flexibility index (Phi) is 5.29. The van der Waals surface area contributed by atoms with Gasteiger partial charge in [-0.05, 0) is 43.0 Å². The smallest absolute Gasteiger partial charge is 0.123 e. The third kappa shape index (κ3) is 4.54. The summed E-state index contributed by atoms with van der Waals surface area (Å²) in [6.07, 6.45) is 0.734. The molecule has 0 amide bonds. The Morgan fingerprint density at radius 2 is 2.00 bits per heavy atom. The van der Waals surface area contributed by atoms with Crippen LogP contribution in [0.1, 0.15) is 26.3 Å². The van der Waals surface area contributed by atoms with Crippen molar-refractivity contribution in [2.24, 2.45) is 11.7 Å². The first kappa shape index (κ1) is 13.5. The first-order chi connectivity index (χ1) is 7.49. The normalized spacial score (nSPS) is 13.1. The Balaban J connectivity index is 2.80. The van der Waals surface area contributed by atoms with Gasteiger partial charge in [-0.25, -0.2) is 4.39 Å². The highest BCUT2D eigenvalue weighted by Crippen LogP contribution is 2.26. The van der Waals surface area contributed by atoms with E-state index in [-0.39, 0.29) is 11.9 Å². The van der Waals surface area contributed by atoms with Crippen LogP contribution in [0.4, 0.5) is 4.39 Å². The third-order valence-electron chi connectivity index (χ3n) is 2.14. The van der Waals surface area contributed by atoms with E-state index in [2.05, 4.69) is 13.8 Å². The molecule has 1 nitrogen and oxygen atoms in total. The summed E-state index contributed by atoms with van der Waals surface area (Å²) in [4.78, 5) is 1.16. The van der Waals surface area contributed by atoms with Crippen LogP contribution in [0.25, 0.3) is 0 Å². The highest BCUT2D eigenvalue weighted by Gasteiger charge is 2.08. The molecule has 16 heavy (non-hydrogen) atoms. The highest BCUT2D eigenvalue weighted by molar-refractivity contribution is 7.99. The van der Waals surface area contributed by atoms with Crippen molar-refractivity contribution < 1.29 is 4.39 Å². The molecule has 0 aliphatic rings. The zero-order valence-electron chi connectivity index (χ0n) is 10.2. The molecule has 1 unspecified atom stereocenters. The summed E-state index contributed by atoms with van der Waals surface area (Å²) in [5, 5.41) is 0. The van der Waals surface area contributed by atoms with Gasteiger partial charge in [0.1, 0.15) is 5.82 Å². The van der Waals surface area contributed by atoms with Crippen LogP contribution >= 0.6 is 11.8 Å². The summed E-state index contributed by atoms with van der Waals surface area (Å²) in [5.74, 6) is 1.51. The lowest BCUT2D eigenvalue weighted by molar-refractivity contribution is 0.620. The van der Waals surface area contributed by atoms with Crippen LogP contribution in [0.15, 0.2) is 23.1 Å². The van der Waals surface area contributed by atoms with Crippen molar-refractivity contribution >= 4 is 11.8 Å². The first-order valence-electron chi connectivity index (χ1n) is 5.66. The van der Waals surface area contributed by atoms with E-state index in [4.69, 9.17) is 5.73 Å². The molecule has 0 aromatic heterocycles. The lowest BCUT2D eigenvalue weighted by Gasteiger charge is -2.12. The van der Waals surface area contributed by atoms with Gasteiger partial charge in [-0.15, -0.1) is 11.8 Å². The van der Waals surface area contributed by atoms with Gasteiger partial charge in [0.25, 0.3) is 0 Å². The fourth-order valence-corrected chi connectivity index (χ4v) is 2.46. The first-order valence-corrected chi connectivity index (χ1v) is 6.64. The van der Waals surface area contributed by atoms with Gasteiger partial charge in [0.2, 0.25) is 0 Å². The van der Waals surface area contributed by atoms with Crippen molar-refractivity contribution in [2.75, 3.05) is 5.75 Å². The molecule has 2 N–H and O–H groups in total. The molecule has 0 fully saturated rings. The molecule has 0 bridgehead atoms. The van der Waals surface area contributed by atoms with Gasteiger partial charge in [-0.1, -0.05) is 13.8 Å². The van der Waals surface area contributed by atoms with Crippen molar-refractivity contribution in [1.82, 2.24) is 0 Å². The standard InChI is InChI=1S/C13H20FNS/c1-9(2)8-16-13-5-4-12(14)7-11(13)6-10(3)15/h4-5,7,9-10H,6,8,15H2,1-3H3. The van der Waals surface area contributed by atoms with Gasteiger partial charge in [0.15, 0.2) is 0 Å². The van der Waals surface area contributed by atoms with Crippen LogP contribution in [0, 0.1) is 11.7 Å². The quantitative estimate of drug-likeness (QED) is 0.799. The third-order valence-corrected chi connectivity index (χ3v) is 3.68. The van der Waals surface area contributed by atoms with E-state index in [1.165, 1.54) is 6.07 Å². The van der Waals surface area contributed by atoms with E-state index in [1.807, 2.05) is 13.0 Å². The number of thioether (sulfide) groups is 1. The van der Waals surface area contributed by atoms with Gasteiger partial charge in [0, 0.05) is 16.7 Å². The minimum absolute atomic E-state index is 0.0696. The summed E-state index contributed by atoms with van der Waals surface area (Å²) < 4.78 is 13.1. The maximum absolute atomic E-state index is 13.1. The maximum atomic E-state index is 13.1. The van der Waals surface area contributed by atoms with Crippen LogP contribution in [0.2, 0.25) is 0 Å². The van der Waals surface area contributed by atoms with Gasteiger partial charge in [-0.3, -0.25) is 0 Å². The summed E-state index contributed by atoms with van der Waals surface area (Å²) in [5.41, 5.74) is 6.80. The zero-order chi connectivity index (χ0) is 12.1. The number of hydrogen-bond donors (Lipinski definition) is 1. The molecule has 1 atom stereocenters. The largest absolute Gasteiger partial charge is 0.328 e. The summed E-state index contributed by atoms with van der Waals surface area (Å²) in [6.45, 7) is 6.31. The summed E-state index contributed by atoms with van der Waals surface area (Å²) in [7, 11) is 0. The lowest BCUT2D eigenvalue weighted by atomic mass is 10.1. The predicted molar refractivity (Wildman–Crippen MR) is 69.3 cm³/mol. The van der Waals surface area contributed by atoms with E-state index < -0.39 is 0 Å². The fraction of sp³-hybridized carbons (Fsp3) is 0.538. The average Bonchev–Trinajstić information content (AvgIpc) is 2.15. The number of nitrogens with two attached hydrogens (primary N) is 1. The van der Waals surface area contributed by atoms with E-state index >= 15 is 0 Å². The van der Waals surface area contributed by atoms with Crippen LogP contribution in [0.3, 0.4) is 0 Å². The molecule has 0 saturated carbocycles. The Labute approximate surface area is 102 Å². The molecule has 3 heteroatoms. The Morgan fingerprint density at radius 1 is 1.31 bits per heavy atom. The molecule has 1 aromatic carbocycles. The number of hydrogen-bond acceptors (Lipinski definition) is 2. The van der Waals surface area contributed by atoms with Crippen LogP contribution < -0.4 is 5.73 Å². The molecule has 90 valence electrons. The van der Waals surface area contributed by atoms with Crippen molar-refractivity contribution in [3.05, 3.63) is 29.6 Å². The van der Waals surface area contributed by atoms with Gasteiger partial charge < -0.3 is 5.73 Å². The molecule has 0 aliphatic carbocycles. The van der Waals surface area contributed by atoms with Gasteiger partial charge in [0.05, 0.1) is 0 Å². The Morgan fingerprint density at radius 3 is 2.56 bits per heavy atom. The number of benzene rings is 1. The molecule has 0 spiro atoms. The minimum Gasteiger partial charge on any atom is -0.328 e. The number of halogens is 1. The Bertz CT molecular complexity index is 337. The van der Waals surface area contributed by atoms with Crippen molar-refractivity contribution in [2.45, 2.75) is 38.1 Å². The molecule has 1 rings (SSSR count). The molecule has 0 heterocycles. The van der Waals surface area contributed by atoms with Crippen LogP contribution in [-0.2, 0) is 6.42 Å². The van der Waals surface area contributed by atoms with Gasteiger partial charge >= 0.3 is 0 Å². The average molecular weight is 241 g/mol. The second kappa shape index (κ2) is 6.26. The second-order valence-electron chi connectivity index (χ2n) is 4.64. The topological polar surface area (TPSA) is 26.0 Å². The molecular formula is C13H20FNS. The van der Waals surface area contributed by atoms with Gasteiger partial charge in [-0.2, -0.15) is 0 Å². The monoisotopic (exact) mass is 241 g/mol. The molecule has 0 aliphatic heterocycles. The Hall–Kier alpha value is -0.540. The van der Waals surface area contributed by atoms with Crippen LogP contribution in [0.5, 0.6) is 0 Å². The SMILES string of the molecule is CC(C)CSc1ccc(F)cc1CC(C)N. The molecule has 0 saturated heterocycles. The van der Waals surface area contributed by atoms with E-state index in [0.29, 0.717) is 5.92 Å². The number of rotatable bonds is 5. The van der Waals surface area contributed by atoms with Crippen molar-refractivity contribution in [3.8, 4) is 0 Å². The summed E-state index contributed by atoms with van der Waals surface area (Å²) in [6, 6.07) is 5.06. The summed E-state index contributed by atoms with van der Waals surface area (Å²) >= 11 is 1.78. The fourth-order valence-electron chi connectivity index (χ4n) is 1.45. The lowest BCUT2D eigenvalue weighted by Crippen LogP contribution is -2.18. The molecular weight excluding hydrogens is 221 g/mol. The maximum Gasteiger partial charge on any atom is 0.123 e. The van der Waals surface area contributed by atoms with E-state index in [1.54, 1.807) is 17.8 Å². The highest BCUT2D eigenvalue weighted by atomic mass is 32.2. The second-order valence-corrected chi connectivity index (χ2v) is 5.70. The minimum atomic E-state index is -0.176.